The average molecular weight is 349 g/mol. The molecule has 3 rings (SSSR count). The fraction of sp³-hybridized carbons (Fsp3) is 0.667. The highest BCUT2D eigenvalue weighted by Crippen LogP contribution is 2.31. The number of ether oxygens (including phenoxy) is 1. The second-order valence-corrected chi connectivity index (χ2v) is 7.10. The Morgan fingerprint density at radius 2 is 2.04 bits per heavy atom. The molecule has 2 aromatic heterocycles. The van der Waals surface area contributed by atoms with Crippen LogP contribution in [-0.4, -0.2) is 44.1 Å². The van der Waals surface area contributed by atoms with Crippen LogP contribution in [0.5, 0.6) is 0 Å². The predicted molar refractivity (Wildman–Crippen MR) is 87.9 cm³/mol. The molecule has 0 bridgehead atoms. The van der Waals surface area contributed by atoms with Crippen LogP contribution in [0, 0.1) is 6.92 Å². The van der Waals surface area contributed by atoms with Crippen molar-refractivity contribution >= 4 is 12.0 Å². The van der Waals surface area contributed by atoms with Crippen molar-refractivity contribution in [2.75, 3.05) is 18.5 Å². The predicted octanol–water partition coefficient (Wildman–Crippen LogP) is 1.55. The molecule has 0 spiro atoms. The van der Waals surface area contributed by atoms with E-state index < -0.39 is 11.6 Å². The number of aromatic nitrogens is 5. The van der Waals surface area contributed by atoms with Crippen molar-refractivity contribution in [1.29, 1.82) is 0 Å². The van der Waals surface area contributed by atoms with E-state index in [-0.39, 0.29) is 11.5 Å². The molecule has 0 aliphatic carbocycles. The number of hydrogen-bond acceptors (Lipinski definition) is 7. The summed E-state index contributed by atoms with van der Waals surface area (Å²) in [5.74, 6) is 1.14. The van der Waals surface area contributed by atoms with Gasteiger partial charge >= 0.3 is 6.03 Å². The molecule has 0 unspecified atom stereocenters. The first-order valence-electron chi connectivity index (χ1n) is 8.18. The van der Waals surface area contributed by atoms with Gasteiger partial charge in [0.25, 0.3) is 5.89 Å². The number of rotatable bonds is 3. The van der Waals surface area contributed by atoms with Gasteiger partial charge in [-0.15, -0.1) is 5.10 Å². The lowest BCUT2D eigenvalue weighted by molar-refractivity contribution is 0.0285. The van der Waals surface area contributed by atoms with Gasteiger partial charge in [0.05, 0.1) is 5.54 Å². The van der Waals surface area contributed by atoms with Gasteiger partial charge in [-0.3, -0.25) is 5.32 Å². The molecule has 1 aliphatic heterocycles. The van der Waals surface area contributed by atoms with Crippen LogP contribution < -0.4 is 10.6 Å². The van der Waals surface area contributed by atoms with Crippen molar-refractivity contribution in [2.24, 2.45) is 0 Å². The lowest BCUT2D eigenvalue weighted by Crippen LogP contribution is -2.51. The Morgan fingerprint density at radius 1 is 1.32 bits per heavy atom. The van der Waals surface area contributed by atoms with Crippen molar-refractivity contribution in [3.63, 3.8) is 0 Å². The van der Waals surface area contributed by atoms with Gasteiger partial charge in [0.1, 0.15) is 11.9 Å². The van der Waals surface area contributed by atoms with Gasteiger partial charge in [-0.25, -0.2) is 14.5 Å². The molecule has 0 radical (unpaired) electrons. The van der Waals surface area contributed by atoms with E-state index in [2.05, 4.69) is 30.9 Å². The maximum Gasteiger partial charge on any atom is 0.322 e. The molecular weight excluding hydrogens is 326 g/mol. The summed E-state index contributed by atoms with van der Waals surface area (Å²) >= 11 is 0. The molecule has 25 heavy (non-hydrogen) atoms. The van der Waals surface area contributed by atoms with Gasteiger partial charge in [0, 0.05) is 26.1 Å². The first-order chi connectivity index (χ1) is 11.8. The van der Waals surface area contributed by atoms with E-state index in [1.54, 1.807) is 17.9 Å². The average Bonchev–Trinajstić information content (AvgIpc) is 3.17. The molecule has 136 valence electrons. The van der Waals surface area contributed by atoms with Gasteiger partial charge < -0.3 is 14.6 Å². The van der Waals surface area contributed by atoms with Crippen LogP contribution in [0.25, 0.3) is 0 Å². The van der Waals surface area contributed by atoms with E-state index in [1.807, 2.05) is 20.8 Å². The Balaban J connectivity index is 1.74. The van der Waals surface area contributed by atoms with E-state index in [4.69, 9.17) is 9.26 Å². The lowest BCUT2D eigenvalue weighted by Gasteiger charge is -2.34. The minimum atomic E-state index is -0.754. The number of nitrogens with one attached hydrogen (secondary N) is 2. The summed E-state index contributed by atoms with van der Waals surface area (Å²) in [5, 5.41) is 13.7. The maximum absolute atomic E-state index is 12.5. The van der Waals surface area contributed by atoms with Crippen LogP contribution in [0.3, 0.4) is 0 Å². The number of carbonyl (C=O) groups excluding carboxylic acids is 1. The third-order valence-electron chi connectivity index (χ3n) is 4.04. The molecule has 1 saturated heterocycles. The number of aryl methyl sites for hydroxylation is 1. The monoisotopic (exact) mass is 349 g/mol. The zero-order valence-electron chi connectivity index (χ0n) is 14.9. The molecule has 0 aromatic carbocycles. The Hall–Kier alpha value is -2.49. The second-order valence-electron chi connectivity index (χ2n) is 7.10. The Bertz CT molecular complexity index is 740. The number of carbonyl (C=O) groups is 1. The third-order valence-corrected chi connectivity index (χ3v) is 4.04. The molecule has 2 N–H and O–H groups in total. The standard InChI is InChI=1S/C15H23N7O3/c1-10-17-11(25-21-10)15(5-7-24-8-6-15)19-13(23)18-12-16-9-22(20-12)14(2,3)4/h9H,5-8H2,1-4H3,(H2,18,19,20,23). The molecule has 10 heteroatoms. The van der Waals surface area contributed by atoms with Crippen LogP contribution in [-0.2, 0) is 15.8 Å². The summed E-state index contributed by atoms with van der Waals surface area (Å²) in [6.45, 7) is 8.74. The number of amides is 2. The quantitative estimate of drug-likeness (QED) is 0.862. The molecule has 1 aliphatic rings. The maximum atomic E-state index is 12.5. The van der Waals surface area contributed by atoms with Crippen LogP contribution in [0.2, 0.25) is 0 Å². The van der Waals surface area contributed by atoms with E-state index in [9.17, 15) is 4.79 Å². The van der Waals surface area contributed by atoms with Crippen molar-refractivity contribution < 1.29 is 14.1 Å². The van der Waals surface area contributed by atoms with Crippen LogP contribution in [0.1, 0.15) is 45.3 Å². The minimum Gasteiger partial charge on any atom is -0.381 e. The van der Waals surface area contributed by atoms with Gasteiger partial charge in [0.2, 0.25) is 5.95 Å². The lowest BCUT2D eigenvalue weighted by atomic mass is 9.90. The molecule has 10 nitrogen and oxygen atoms in total. The van der Waals surface area contributed by atoms with Crippen molar-refractivity contribution in [3.8, 4) is 0 Å². The van der Waals surface area contributed by atoms with Crippen molar-refractivity contribution in [2.45, 2.75) is 51.6 Å². The van der Waals surface area contributed by atoms with Crippen LogP contribution in [0.15, 0.2) is 10.9 Å². The molecule has 0 saturated carbocycles. The van der Waals surface area contributed by atoms with Gasteiger partial charge in [-0.2, -0.15) is 4.98 Å². The SMILES string of the molecule is Cc1noc(C2(NC(=O)Nc3ncn(C(C)(C)C)n3)CCOCC2)n1. The molecule has 1 fully saturated rings. The highest BCUT2D eigenvalue weighted by Gasteiger charge is 2.41. The molecule has 0 atom stereocenters. The van der Waals surface area contributed by atoms with E-state index >= 15 is 0 Å². The number of nitrogens with zero attached hydrogens (tertiary/aromatic N) is 5. The Labute approximate surface area is 145 Å². The zero-order valence-corrected chi connectivity index (χ0v) is 14.9. The zero-order chi connectivity index (χ0) is 18.1. The highest BCUT2D eigenvalue weighted by molar-refractivity contribution is 5.87. The van der Waals surface area contributed by atoms with E-state index in [1.165, 1.54) is 0 Å². The minimum absolute atomic E-state index is 0.216. The smallest absolute Gasteiger partial charge is 0.322 e. The van der Waals surface area contributed by atoms with E-state index in [0.29, 0.717) is 37.8 Å². The first-order valence-corrected chi connectivity index (χ1v) is 8.18. The summed E-state index contributed by atoms with van der Waals surface area (Å²) in [7, 11) is 0. The number of anilines is 1. The van der Waals surface area contributed by atoms with E-state index in [0.717, 1.165) is 0 Å². The van der Waals surface area contributed by atoms with Gasteiger partial charge in [0.15, 0.2) is 5.82 Å². The van der Waals surface area contributed by atoms with Crippen molar-refractivity contribution in [1.82, 2.24) is 30.2 Å². The molecule has 3 heterocycles. The fourth-order valence-corrected chi connectivity index (χ4v) is 2.60. The number of hydrogen-bond donors (Lipinski definition) is 2. The van der Waals surface area contributed by atoms with Crippen molar-refractivity contribution in [3.05, 3.63) is 18.0 Å². The topological polar surface area (TPSA) is 120 Å². The summed E-state index contributed by atoms with van der Waals surface area (Å²) in [5.41, 5.74) is -0.969. The summed E-state index contributed by atoms with van der Waals surface area (Å²) in [6.07, 6.45) is 2.68. The highest BCUT2D eigenvalue weighted by atomic mass is 16.5. The summed E-state index contributed by atoms with van der Waals surface area (Å²) < 4.78 is 12.4. The fourth-order valence-electron chi connectivity index (χ4n) is 2.60. The Morgan fingerprint density at radius 3 is 2.60 bits per heavy atom. The Kier molecular flexibility index (Phi) is 4.46. The summed E-state index contributed by atoms with van der Waals surface area (Å²) in [4.78, 5) is 20.9. The summed E-state index contributed by atoms with van der Waals surface area (Å²) in [6, 6.07) is -0.426. The van der Waals surface area contributed by atoms with Crippen LogP contribution in [0.4, 0.5) is 10.7 Å². The first kappa shape index (κ1) is 17.3. The third kappa shape index (κ3) is 3.78. The van der Waals surface area contributed by atoms with Gasteiger partial charge in [-0.1, -0.05) is 5.16 Å². The molecule has 2 amide bonds. The largest absolute Gasteiger partial charge is 0.381 e. The second kappa shape index (κ2) is 6.43. The van der Waals surface area contributed by atoms with Crippen LogP contribution >= 0.6 is 0 Å². The van der Waals surface area contributed by atoms with Gasteiger partial charge in [-0.05, 0) is 27.7 Å². The molecular formula is C15H23N7O3. The number of urea groups is 1. The molecule has 2 aromatic rings. The normalized spacial score (nSPS) is 17.3.